The standard InChI is InChI=1S/C16H21N3O3/c1-16(2,3)22-15(20)19-8-4-5-13(19)11-21-14-9-12(10-17)6-7-18-14/h6-7,9,13H,4-5,8,11H2,1-3H3. The molecule has 0 saturated carbocycles. The molecule has 1 saturated heterocycles. The molecular weight excluding hydrogens is 282 g/mol. The summed E-state index contributed by atoms with van der Waals surface area (Å²) in [5.41, 5.74) is -0.00580. The van der Waals surface area contributed by atoms with Gasteiger partial charge in [-0.2, -0.15) is 5.26 Å². The molecule has 0 aliphatic carbocycles. The summed E-state index contributed by atoms with van der Waals surface area (Å²) in [5.74, 6) is 0.398. The van der Waals surface area contributed by atoms with Crippen molar-refractivity contribution in [2.24, 2.45) is 0 Å². The number of carbonyl (C=O) groups excluding carboxylic acids is 1. The third-order valence-corrected chi connectivity index (χ3v) is 3.29. The number of carbonyl (C=O) groups is 1. The van der Waals surface area contributed by atoms with Crippen molar-refractivity contribution in [1.82, 2.24) is 9.88 Å². The Hall–Kier alpha value is -2.29. The normalized spacial score (nSPS) is 17.9. The lowest BCUT2D eigenvalue weighted by Crippen LogP contribution is -2.42. The fourth-order valence-electron chi connectivity index (χ4n) is 2.31. The quantitative estimate of drug-likeness (QED) is 0.858. The van der Waals surface area contributed by atoms with Gasteiger partial charge in [-0.25, -0.2) is 9.78 Å². The van der Waals surface area contributed by atoms with Crippen LogP contribution >= 0.6 is 0 Å². The van der Waals surface area contributed by atoms with Crippen LogP contribution in [-0.2, 0) is 4.74 Å². The van der Waals surface area contributed by atoms with Crippen molar-refractivity contribution >= 4 is 6.09 Å². The van der Waals surface area contributed by atoms with Crippen molar-refractivity contribution in [2.75, 3.05) is 13.2 Å². The van der Waals surface area contributed by atoms with E-state index in [1.807, 2.05) is 26.8 Å². The molecule has 1 aromatic rings. The first-order chi connectivity index (χ1) is 10.4. The summed E-state index contributed by atoms with van der Waals surface area (Å²) in [4.78, 5) is 17.9. The number of rotatable bonds is 3. The molecule has 1 aliphatic heterocycles. The van der Waals surface area contributed by atoms with Gasteiger partial charge in [0.1, 0.15) is 12.2 Å². The van der Waals surface area contributed by atoms with Gasteiger partial charge in [0.2, 0.25) is 5.88 Å². The summed E-state index contributed by atoms with van der Waals surface area (Å²) in [6, 6.07) is 5.23. The van der Waals surface area contributed by atoms with Crippen molar-refractivity contribution in [3.8, 4) is 11.9 Å². The summed E-state index contributed by atoms with van der Waals surface area (Å²) in [5, 5.41) is 8.86. The molecule has 1 aliphatic rings. The van der Waals surface area contributed by atoms with Gasteiger partial charge in [0.15, 0.2) is 0 Å². The first kappa shape index (κ1) is 16.1. The summed E-state index contributed by atoms with van der Waals surface area (Å²) in [6.45, 7) is 6.58. The van der Waals surface area contributed by atoms with Gasteiger partial charge >= 0.3 is 6.09 Å². The third-order valence-electron chi connectivity index (χ3n) is 3.29. The van der Waals surface area contributed by atoms with Crippen molar-refractivity contribution < 1.29 is 14.3 Å². The molecule has 22 heavy (non-hydrogen) atoms. The van der Waals surface area contributed by atoms with Crippen LogP contribution in [0.15, 0.2) is 18.3 Å². The molecule has 0 aromatic carbocycles. The number of aromatic nitrogens is 1. The molecule has 1 aromatic heterocycles. The zero-order valence-corrected chi connectivity index (χ0v) is 13.2. The van der Waals surface area contributed by atoms with Gasteiger partial charge in [-0.05, 0) is 39.7 Å². The van der Waals surface area contributed by atoms with Gasteiger partial charge in [0.25, 0.3) is 0 Å². The van der Waals surface area contributed by atoms with Gasteiger partial charge in [-0.1, -0.05) is 0 Å². The zero-order valence-electron chi connectivity index (χ0n) is 13.2. The molecule has 1 atom stereocenters. The summed E-state index contributed by atoms with van der Waals surface area (Å²) < 4.78 is 11.0. The highest BCUT2D eigenvalue weighted by atomic mass is 16.6. The topological polar surface area (TPSA) is 75.4 Å². The number of amides is 1. The van der Waals surface area contributed by atoms with E-state index < -0.39 is 5.60 Å². The molecule has 6 heteroatoms. The number of pyridine rings is 1. The van der Waals surface area contributed by atoms with Crippen LogP contribution in [0.1, 0.15) is 39.2 Å². The van der Waals surface area contributed by atoms with Crippen LogP contribution in [0, 0.1) is 11.3 Å². The number of nitrogens with zero attached hydrogens (tertiary/aromatic N) is 3. The van der Waals surface area contributed by atoms with Crippen LogP contribution in [0.5, 0.6) is 5.88 Å². The number of ether oxygens (including phenoxy) is 2. The number of nitriles is 1. The Morgan fingerprint density at radius 2 is 2.32 bits per heavy atom. The SMILES string of the molecule is CC(C)(C)OC(=O)N1CCCC1COc1cc(C#N)ccn1. The Balaban J connectivity index is 1.94. The number of hydrogen-bond acceptors (Lipinski definition) is 5. The van der Waals surface area contributed by atoms with E-state index in [4.69, 9.17) is 14.7 Å². The van der Waals surface area contributed by atoms with Crippen LogP contribution in [0.3, 0.4) is 0 Å². The zero-order chi connectivity index (χ0) is 16.2. The summed E-state index contributed by atoms with van der Waals surface area (Å²) in [7, 11) is 0. The molecule has 0 spiro atoms. The first-order valence-corrected chi connectivity index (χ1v) is 7.37. The number of likely N-dealkylation sites (tertiary alicyclic amines) is 1. The van der Waals surface area contributed by atoms with Gasteiger partial charge < -0.3 is 14.4 Å². The molecule has 2 heterocycles. The van der Waals surface area contributed by atoms with Crippen LogP contribution in [0.25, 0.3) is 0 Å². The molecule has 1 fully saturated rings. The van der Waals surface area contributed by atoms with Crippen LogP contribution in [0.4, 0.5) is 4.79 Å². The Labute approximate surface area is 130 Å². The predicted molar refractivity (Wildman–Crippen MR) is 80.4 cm³/mol. The van der Waals surface area contributed by atoms with Crippen molar-refractivity contribution in [3.05, 3.63) is 23.9 Å². The second kappa shape index (κ2) is 6.65. The van der Waals surface area contributed by atoms with E-state index in [0.717, 1.165) is 12.8 Å². The Bertz CT molecular complexity index is 575. The summed E-state index contributed by atoms with van der Waals surface area (Å²) >= 11 is 0. The molecule has 2 rings (SSSR count). The van der Waals surface area contributed by atoms with E-state index in [9.17, 15) is 4.79 Å². The van der Waals surface area contributed by atoms with Gasteiger partial charge in [0.05, 0.1) is 17.7 Å². The second-order valence-corrected chi connectivity index (χ2v) is 6.28. The Kier molecular flexibility index (Phi) is 4.86. The van der Waals surface area contributed by atoms with Crippen LogP contribution in [0.2, 0.25) is 0 Å². The van der Waals surface area contributed by atoms with Crippen molar-refractivity contribution in [3.63, 3.8) is 0 Å². The minimum atomic E-state index is -0.506. The second-order valence-electron chi connectivity index (χ2n) is 6.28. The molecule has 1 amide bonds. The van der Waals surface area contributed by atoms with E-state index >= 15 is 0 Å². The molecule has 0 N–H and O–H groups in total. The lowest BCUT2D eigenvalue weighted by Gasteiger charge is -2.28. The lowest BCUT2D eigenvalue weighted by molar-refractivity contribution is 0.0186. The van der Waals surface area contributed by atoms with Gasteiger partial charge in [-0.3, -0.25) is 0 Å². The molecule has 118 valence electrons. The Morgan fingerprint density at radius 1 is 1.55 bits per heavy atom. The first-order valence-electron chi connectivity index (χ1n) is 7.37. The Morgan fingerprint density at radius 3 is 3.00 bits per heavy atom. The number of hydrogen-bond donors (Lipinski definition) is 0. The van der Waals surface area contributed by atoms with Crippen molar-refractivity contribution in [2.45, 2.75) is 45.3 Å². The van der Waals surface area contributed by atoms with Gasteiger partial charge in [-0.15, -0.1) is 0 Å². The van der Waals surface area contributed by atoms with E-state index in [-0.39, 0.29) is 12.1 Å². The minimum Gasteiger partial charge on any atom is -0.475 e. The molecule has 0 bridgehead atoms. The fourth-order valence-corrected chi connectivity index (χ4v) is 2.31. The maximum Gasteiger partial charge on any atom is 0.410 e. The van der Waals surface area contributed by atoms with Gasteiger partial charge in [0, 0.05) is 18.8 Å². The van der Waals surface area contributed by atoms with Crippen LogP contribution in [-0.4, -0.2) is 40.8 Å². The average Bonchev–Trinajstić information content (AvgIpc) is 2.92. The maximum absolute atomic E-state index is 12.2. The van der Waals surface area contributed by atoms with Crippen molar-refractivity contribution in [1.29, 1.82) is 5.26 Å². The monoisotopic (exact) mass is 303 g/mol. The highest BCUT2D eigenvalue weighted by Crippen LogP contribution is 2.21. The van der Waals surface area contributed by atoms with E-state index in [2.05, 4.69) is 4.98 Å². The smallest absolute Gasteiger partial charge is 0.410 e. The third kappa shape index (κ3) is 4.35. The average molecular weight is 303 g/mol. The molecular formula is C16H21N3O3. The molecule has 6 nitrogen and oxygen atoms in total. The minimum absolute atomic E-state index is 0.0256. The maximum atomic E-state index is 12.2. The highest BCUT2D eigenvalue weighted by molar-refractivity contribution is 5.69. The summed E-state index contributed by atoms with van der Waals surface area (Å²) in [6.07, 6.45) is 3.03. The largest absolute Gasteiger partial charge is 0.475 e. The fraction of sp³-hybridized carbons (Fsp3) is 0.562. The van der Waals surface area contributed by atoms with E-state index in [0.29, 0.717) is 24.6 Å². The molecule has 0 radical (unpaired) electrons. The molecule has 1 unspecified atom stereocenters. The lowest BCUT2D eigenvalue weighted by atomic mass is 10.2. The van der Waals surface area contributed by atoms with E-state index in [1.54, 1.807) is 17.0 Å². The van der Waals surface area contributed by atoms with Crippen LogP contribution < -0.4 is 4.74 Å². The van der Waals surface area contributed by atoms with E-state index in [1.165, 1.54) is 6.20 Å². The predicted octanol–water partition coefficient (Wildman–Crippen LogP) is 2.73. The highest BCUT2D eigenvalue weighted by Gasteiger charge is 2.32.